The molecule has 102 valence electrons. The Morgan fingerprint density at radius 2 is 2.16 bits per heavy atom. The molecule has 1 aromatic heterocycles. The first-order valence-electron chi connectivity index (χ1n) is 6.08. The predicted octanol–water partition coefficient (Wildman–Crippen LogP) is 2.50. The van der Waals surface area contributed by atoms with E-state index in [-0.39, 0.29) is 12.4 Å². The molecule has 0 saturated heterocycles. The van der Waals surface area contributed by atoms with Crippen LogP contribution in [0.15, 0.2) is 33.5 Å². The standard InChI is InChI=1S/C14H16O4S/c1-9(4-5-15)19-8-10-6-14(17)18-13-7-11(16)2-3-12(10)13/h2-3,6-7,9,15-16H,4-5,8H2,1H3. The normalized spacial score (nSPS) is 12.7. The molecule has 0 bridgehead atoms. The Labute approximate surface area is 115 Å². The van der Waals surface area contributed by atoms with E-state index in [9.17, 15) is 9.90 Å². The molecule has 1 aromatic carbocycles. The number of thioether (sulfide) groups is 1. The summed E-state index contributed by atoms with van der Waals surface area (Å²) in [4.78, 5) is 11.5. The summed E-state index contributed by atoms with van der Waals surface area (Å²) in [5, 5.41) is 19.4. The van der Waals surface area contributed by atoms with Crippen LogP contribution in [0.3, 0.4) is 0 Å². The molecule has 0 saturated carbocycles. The average Bonchev–Trinajstić information content (AvgIpc) is 2.35. The average molecular weight is 280 g/mol. The highest BCUT2D eigenvalue weighted by Gasteiger charge is 2.09. The summed E-state index contributed by atoms with van der Waals surface area (Å²) in [7, 11) is 0. The van der Waals surface area contributed by atoms with Crippen molar-refractivity contribution in [3.05, 3.63) is 40.2 Å². The van der Waals surface area contributed by atoms with Crippen LogP contribution < -0.4 is 5.63 Å². The molecule has 1 heterocycles. The fraction of sp³-hybridized carbons (Fsp3) is 0.357. The number of hydrogen-bond donors (Lipinski definition) is 2. The largest absolute Gasteiger partial charge is 0.508 e. The van der Waals surface area contributed by atoms with E-state index in [4.69, 9.17) is 9.52 Å². The van der Waals surface area contributed by atoms with E-state index in [1.807, 2.05) is 6.92 Å². The Bertz CT molecular complexity index is 620. The topological polar surface area (TPSA) is 70.7 Å². The molecule has 0 aliphatic carbocycles. The summed E-state index contributed by atoms with van der Waals surface area (Å²) in [6.45, 7) is 2.21. The van der Waals surface area contributed by atoms with E-state index in [0.29, 0.717) is 16.6 Å². The van der Waals surface area contributed by atoms with Crippen molar-refractivity contribution in [1.82, 2.24) is 0 Å². The third-order valence-corrected chi connectivity index (χ3v) is 4.16. The summed E-state index contributed by atoms with van der Waals surface area (Å²) >= 11 is 1.68. The maximum atomic E-state index is 11.5. The van der Waals surface area contributed by atoms with Gasteiger partial charge in [0.2, 0.25) is 0 Å². The van der Waals surface area contributed by atoms with Crippen LogP contribution in [-0.2, 0) is 5.75 Å². The minimum atomic E-state index is -0.413. The van der Waals surface area contributed by atoms with Crippen molar-refractivity contribution in [3.8, 4) is 5.75 Å². The highest BCUT2D eigenvalue weighted by atomic mass is 32.2. The second-order valence-electron chi connectivity index (χ2n) is 4.41. The molecule has 0 amide bonds. The lowest BCUT2D eigenvalue weighted by Gasteiger charge is -2.10. The van der Waals surface area contributed by atoms with Crippen LogP contribution in [0.1, 0.15) is 18.9 Å². The van der Waals surface area contributed by atoms with Gasteiger partial charge >= 0.3 is 5.63 Å². The Morgan fingerprint density at radius 3 is 2.89 bits per heavy atom. The number of fused-ring (bicyclic) bond motifs is 1. The molecular formula is C14H16O4S. The number of phenols is 1. The molecule has 1 unspecified atom stereocenters. The lowest BCUT2D eigenvalue weighted by atomic mass is 10.1. The van der Waals surface area contributed by atoms with Gasteiger partial charge in [-0.3, -0.25) is 0 Å². The van der Waals surface area contributed by atoms with Crippen molar-refractivity contribution in [2.24, 2.45) is 0 Å². The van der Waals surface area contributed by atoms with E-state index in [2.05, 4.69) is 0 Å². The second kappa shape index (κ2) is 6.12. The number of hydrogen-bond acceptors (Lipinski definition) is 5. The smallest absolute Gasteiger partial charge is 0.336 e. The van der Waals surface area contributed by atoms with Crippen LogP contribution in [0.4, 0.5) is 0 Å². The molecule has 2 N–H and O–H groups in total. The molecule has 4 nitrogen and oxygen atoms in total. The zero-order valence-electron chi connectivity index (χ0n) is 10.6. The van der Waals surface area contributed by atoms with Crippen LogP contribution in [0.25, 0.3) is 11.0 Å². The third kappa shape index (κ3) is 3.52. The molecule has 0 fully saturated rings. The van der Waals surface area contributed by atoms with Gasteiger partial charge < -0.3 is 14.6 Å². The van der Waals surface area contributed by atoms with Crippen LogP contribution in [0, 0.1) is 0 Å². The van der Waals surface area contributed by atoms with Gasteiger partial charge in [-0.05, 0) is 24.1 Å². The summed E-state index contributed by atoms with van der Waals surface area (Å²) in [6.07, 6.45) is 0.727. The van der Waals surface area contributed by atoms with Gasteiger partial charge in [0.15, 0.2) is 0 Å². The number of phenolic OH excluding ortho intramolecular Hbond substituents is 1. The van der Waals surface area contributed by atoms with E-state index in [1.165, 1.54) is 12.1 Å². The molecule has 0 aliphatic heterocycles. The summed E-state index contributed by atoms with van der Waals surface area (Å²) in [6, 6.07) is 6.26. The maximum Gasteiger partial charge on any atom is 0.336 e. The second-order valence-corrected chi connectivity index (χ2v) is 5.83. The molecule has 5 heteroatoms. The molecular weight excluding hydrogens is 264 g/mol. The van der Waals surface area contributed by atoms with E-state index in [0.717, 1.165) is 17.4 Å². The van der Waals surface area contributed by atoms with Gasteiger partial charge in [0.1, 0.15) is 11.3 Å². The Balaban J connectivity index is 2.29. The minimum absolute atomic E-state index is 0.0779. The summed E-state index contributed by atoms with van der Waals surface area (Å²) in [5.74, 6) is 0.753. The molecule has 19 heavy (non-hydrogen) atoms. The Kier molecular flexibility index (Phi) is 4.50. The van der Waals surface area contributed by atoms with Crippen molar-refractivity contribution >= 4 is 22.7 Å². The van der Waals surface area contributed by atoms with Crippen molar-refractivity contribution in [3.63, 3.8) is 0 Å². The molecule has 0 aliphatic rings. The Hall–Kier alpha value is -1.46. The lowest BCUT2D eigenvalue weighted by Crippen LogP contribution is -2.03. The minimum Gasteiger partial charge on any atom is -0.508 e. The monoisotopic (exact) mass is 280 g/mol. The maximum absolute atomic E-state index is 11.5. The predicted molar refractivity (Wildman–Crippen MR) is 76.6 cm³/mol. The molecule has 2 aromatic rings. The quantitative estimate of drug-likeness (QED) is 0.823. The van der Waals surface area contributed by atoms with Crippen LogP contribution >= 0.6 is 11.8 Å². The number of aromatic hydroxyl groups is 1. The highest BCUT2D eigenvalue weighted by molar-refractivity contribution is 7.99. The summed E-state index contributed by atoms with van der Waals surface area (Å²) < 4.78 is 5.07. The fourth-order valence-corrected chi connectivity index (χ4v) is 2.81. The van der Waals surface area contributed by atoms with Crippen molar-refractivity contribution in [2.45, 2.75) is 24.3 Å². The van der Waals surface area contributed by atoms with E-state index < -0.39 is 5.63 Å². The van der Waals surface area contributed by atoms with Crippen molar-refractivity contribution < 1.29 is 14.6 Å². The summed E-state index contributed by atoms with van der Waals surface area (Å²) in [5.41, 5.74) is 0.877. The van der Waals surface area contributed by atoms with Gasteiger partial charge in [-0.25, -0.2) is 4.79 Å². The third-order valence-electron chi connectivity index (χ3n) is 2.87. The number of aliphatic hydroxyl groups excluding tert-OH is 1. The SMILES string of the molecule is CC(CCO)SCc1cc(=O)oc2cc(O)ccc12. The van der Waals surface area contributed by atoms with Crippen LogP contribution in [0.5, 0.6) is 5.75 Å². The Morgan fingerprint density at radius 1 is 1.37 bits per heavy atom. The van der Waals surface area contributed by atoms with Gasteiger partial charge in [0.05, 0.1) is 0 Å². The first kappa shape index (κ1) is 14.0. The van der Waals surface area contributed by atoms with E-state index >= 15 is 0 Å². The van der Waals surface area contributed by atoms with Crippen molar-refractivity contribution in [1.29, 1.82) is 0 Å². The van der Waals surface area contributed by atoms with Gasteiger partial charge in [0.25, 0.3) is 0 Å². The fourth-order valence-electron chi connectivity index (χ4n) is 1.84. The molecule has 1 atom stereocenters. The van der Waals surface area contributed by atoms with Crippen LogP contribution in [-0.4, -0.2) is 22.1 Å². The van der Waals surface area contributed by atoms with Gasteiger partial charge in [0, 0.05) is 35.1 Å². The zero-order chi connectivity index (χ0) is 13.8. The molecule has 2 rings (SSSR count). The van der Waals surface area contributed by atoms with E-state index in [1.54, 1.807) is 23.9 Å². The lowest BCUT2D eigenvalue weighted by molar-refractivity contribution is 0.289. The number of aliphatic hydroxyl groups is 1. The first-order chi connectivity index (χ1) is 9.10. The molecule has 0 radical (unpaired) electrons. The van der Waals surface area contributed by atoms with Crippen LogP contribution in [0.2, 0.25) is 0 Å². The van der Waals surface area contributed by atoms with Gasteiger partial charge in [-0.2, -0.15) is 11.8 Å². The number of benzene rings is 1. The number of rotatable bonds is 5. The molecule has 0 spiro atoms. The first-order valence-corrected chi connectivity index (χ1v) is 7.13. The van der Waals surface area contributed by atoms with Crippen molar-refractivity contribution in [2.75, 3.05) is 6.61 Å². The zero-order valence-corrected chi connectivity index (χ0v) is 11.4. The highest BCUT2D eigenvalue weighted by Crippen LogP contribution is 2.26. The van der Waals surface area contributed by atoms with Gasteiger partial charge in [-0.15, -0.1) is 0 Å². The van der Waals surface area contributed by atoms with Gasteiger partial charge in [-0.1, -0.05) is 6.92 Å².